The lowest BCUT2D eigenvalue weighted by molar-refractivity contribution is -0.121. The molecule has 1 atom stereocenters. The highest BCUT2D eigenvalue weighted by molar-refractivity contribution is 6.30. The van der Waals surface area contributed by atoms with Crippen molar-refractivity contribution in [3.05, 3.63) is 29.3 Å². The number of rotatable bonds is 6. The summed E-state index contributed by atoms with van der Waals surface area (Å²) in [5.41, 5.74) is 0.772. The van der Waals surface area contributed by atoms with Gasteiger partial charge in [-0.25, -0.2) is 0 Å². The van der Waals surface area contributed by atoms with Gasteiger partial charge in [0.1, 0.15) is 6.04 Å². The van der Waals surface area contributed by atoms with Crippen LogP contribution in [-0.2, 0) is 4.79 Å². The first-order valence-corrected chi connectivity index (χ1v) is 6.22. The van der Waals surface area contributed by atoms with E-state index >= 15 is 0 Å². The van der Waals surface area contributed by atoms with Gasteiger partial charge in [0, 0.05) is 17.3 Å². The molecule has 1 unspecified atom stereocenters. The number of hydrogen-bond acceptors (Lipinski definition) is 3. The van der Waals surface area contributed by atoms with Crippen LogP contribution in [0.4, 0.5) is 5.69 Å². The zero-order chi connectivity index (χ0) is 13.4. The molecule has 0 spiro atoms. The van der Waals surface area contributed by atoms with Gasteiger partial charge in [0.05, 0.1) is 12.5 Å². The zero-order valence-electron chi connectivity index (χ0n) is 10.2. The first-order valence-electron chi connectivity index (χ1n) is 5.84. The number of hydrogen-bond donors (Lipinski definition) is 2. The monoisotopic (exact) mass is 265 g/mol. The molecule has 0 aliphatic heterocycles. The summed E-state index contributed by atoms with van der Waals surface area (Å²) >= 11 is 5.77. The van der Waals surface area contributed by atoms with Crippen LogP contribution < -0.4 is 10.6 Å². The number of carbonyl (C=O) groups is 1. The molecule has 96 valence electrons. The SMILES string of the molecule is CCCNC(=O)CC(C#N)Nc1ccc(Cl)cc1. The quantitative estimate of drug-likeness (QED) is 0.831. The number of halogens is 1. The fourth-order valence-electron chi connectivity index (χ4n) is 1.40. The van der Waals surface area contributed by atoms with Crippen molar-refractivity contribution in [3.8, 4) is 6.07 Å². The Morgan fingerprint density at radius 2 is 2.11 bits per heavy atom. The third-order valence-corrected chi connectivity index (χ3v) is 2.55. The third-order valence-electron chi connectivity index (χ3n) is 2.30. The molecular weight excluding hydrogens is 250 g/mol. The minimum Gasteiger partial charge on any atom is -0.369 e. The molecule has 1 amide bonds. The number of nitrogens with zero attached hydrogens (tertiary/aromatic N) is 1. The molecule has 4 nitrogen and oxygen atoms in total. The van der Waals surface area contributed by atoms with Crippen LogP contribution >= 0.6 is 11.6 Å². The molecule has 18 heavy (non-hydrogen) atoms. The summed E-state index contributed by atoms with van der Waals surface area (Å²) in [6.07, 6.45) is 1.02. The molecule has 1 rings (SSSR count). The summed E-state index contributed by atoms with van der Waals surface area (Å²) in [6.45, 7) is 2.62. The molecule has 0 aliphatic carbocycles. The Kier molecular flexibility index (Phi) is 6.03. The molecule has 0 aliphatic rings. The minimum absolute atomic E-state index is 0.120. The Morgan fingerprint density at radius 3 is 2.67 bits per heavy atom. The molecule has 2 N–H and O–H groups in total. The number of anilines is 1. The maximum absolute atomic E-state index is 11.5. The van der Waals surface area contributed by atoms with Gasteiger partial charge in [0.15, 0.2) is 0 Å². The van der Waals surface area contributed by atoms with Crippen LogP contribution in [0.25, 0.3) is 0 Å². The van der Waals surface area contributed by atoms with E-state index in [-0.39, 0.29) is 12.3 Å². The standard InChI is InChI=1S/C13H16ClN3O/c1-2-7-16-13(18)8-12(9-15)17-11-5-3-10(14)4-6-11/h3-6,12,17H,2,7-8H2,1H3,(H,16,18). The van der Waals surface area contributed by atoms with Gasteiger partial charge in [-0.15, -0.1) is 0 Å². The molecule has 0 saturated carbocycles. The van der Waals surface area contributed by atoms with E-state index in [1.54, 1.807) is 24.3 Å². The number of carbonyl (C=O) groups excluding carboxylic acids is 1. The number of nitrogens with one attached hydrogen (secondary N) is 2. The normalized spacial score (nSPS) is 11.4. The highest BCUT2D eigenvalue weighted by atomic mass is 35.5. The van der Waals surface area contributed by atoms with Crippen LogP contribution in [0.2, 0.25) is 5.02 Å². The molecule has 0 saturated heterocycles. The van der Waals surface area contributed by atoms with Crippen molar-refractivity contribution < 1.29 is 4.79 Å². The van der Waals surface area contributed by atoms with E-state index < -0.39 is 6.04 Å². The van der Waals surface area contributed by atoms with Crippen LogP contribution in [-0.4, -0.2) is 18.5 Å². The van der Waals surface area contributed by atoms with Crippen LogP contribution in [0.3, 0.4) is 0 Å². The van der Waals surface area contributed by atoms with E-state index in [9.17, 15) is 4.79 Å². The van der Waals surface area contributed by atoms with Crippen molar-refractivity contribution in [2.75, 3.05) is 11.9 Å². The van der Waals surface area contributed by atoms with Crippen LogP contribution in [0.5, 0.6) is 0 Å². The Balaban J connectivity index is 2.49. The first-order chi connectivity index (χ1) is 8.65. The molecule has 1 aromatic rings. The maximum Gasteiger partial charge on any atom is 0.223 e. The lowest BCUT2D eigenvalue weighted by Crippen LogP contribution is -2.30. The summed E-state index contributed by atoms with van der Waals surface area (Å²) in [7, 11) is 0. The van der Waals surface area contributed by atoms with Gasteiger partial charge < -0.3 is 10.6 Å². The van der Waals surface area contributed by atoms with Crippen LogP contribution in [0, 0.1) is 11.3 Å². The number of amides is 1. The third kappa shape index (κ3) is 5.07. The summed E-state index contributed by atoms with van der Waals surface area (Å²) < 4.78 is 0. The Morgan fingerprint density at radius 1 is 1.44 bits per heavy atom. The van der Waals surface area contributed by atoms with Gasteiger partial charge in [-0.2, -0.15) is 5.26 Å². The van der Waals surface area contributed by atoms with E-state index in [0.717, 1.165) is 12.1 Å². The summed E-state index contributed by atoms with van der Waals surface area (Å²) in [6, 6.07) is 8.54. The predicted octanol–water partition coefficient (Wildman–Crippen LogP) is 2.56. The predicted molar refractivity (Wildman–Crippen MR) is 72.4 cm³/mol. The van der Waals surface area contributed by atoms with E-state index in [0.29, 0.717) is 11.6 Å². The molecule has 1 aromatic carbocycles. The van der Waals surface area contributed by atoms with Gasteiger partial charge in [-0.05, 0) is 30.7 Å². The van der Waals surface area contributed by atoms with Crippen molar-refractivity contribution in [1.29, 1.82) is 5.26 Å². The van der Waals surface area contributed by atoms with Gasteiger partial charge in [0.25, 0.3) is 0 Å². The summed E-state index contributed by atoms with van der Waals surface area (Å²) in [4.78, 5) is 11.5. The fraction of sp³-hybridized carbons (Fsp3) is 0.385. The molecule has 0 aromatic heterocycles. The van der Waals surface area contributed by atoms with E-state index in [4.69, 9.17) is 16.9 Å². The molecule has 0 fully saturated rings. The Hall–Kier alpha value is -1.73. The van der Waals surface area contributed by atoms with Crippen molar-refractivity contribution >= 4 is 23.2 Å². The maximum atomic E-state index is 11.5. The molecule has 0 heterocycles. The zero-order valence-corrected chi connectivity index (χ0v) is 11.0. The summed E-state index contributed by atoms with van der Waals surface area (Å²) in [5, 5.41) is 15.4. The second-order valence-electron chi connectivity index (χ2n) is 3.89. The van der Waals surface area contributed by atoms with Gasteiger partial charge in [-0.1, -0.05) is 18.5 Å². The second kappa shape index (κ2) is 7.57. The molecule has 0 radical (unpaired) electrons. The van der Waals surface area contributed by atoms with Crippen LogP contribution in [0.15, 0.2) is 24.3 Å². The van der Waals surface area contributed by atoms with Crippen molar-refractivity contribution in [1.82, 2.24) is 5.32 Å². The van der Waals surface area contributed by atoms with E-state index in [2.05, 4.69) is 16.7 Å². The van der Waals surface area contributed by atoms with Crippen LogP contribution in [0.1, 0.15) is 19.8 Å². The lowest BCUT2D eigenvalue weighted by Gasteiger charge is -2.12. The minimum atomic E-state index is -0.539. The smallest absolute Gasteiger partial charge is 0.223 e. The largest absolute Gasteiger partial charge is 0.369 e. The van der Waals surface area contributed by atoms with Gasteiger partial charge in [-0.3, -0.25) is 4.79 Å². The van der Waals surface area contributed by atoms with Gasteiger partial charge >= 0.3 is 0 Å². The first kappa shape index (κ1) is 14.3. The van der Waals surface area contributed by atoms with Crippen molar-refractivity contribution in [2.45, 2.75) is 25.8 Å². The van der Waals surface area contributed by atoms with Crippen molar-refractivity contribution in [3.63, 3.8) is 0 Å². The fourth-order valence-corrected chi connectivity index (χ4v) is 1.52. The summed E-state index contributed by atoms with van der Waals surface area (Å²) in [5.74, 6) is -0.120. The van der Waals surface area contributed by atoms with E-state index in [1.807, 2.05) is 6.92 Å². The molecule has 0 bridgehead atoms. The number of benzene rings is 1. The average Bonchev–Trinajstić information content (AvgIpc) is 2.38. The lowest BCUT2D eigenvalue weighted by atomic mass is 10.2. The molecular formula is C13H16ClN3O. The molecule has 5 heteroatoms. The van der Waals surface area contributed by atoms with E-state index in [1.165, 1.54) is 0 Å². The van der Waals surface area contributed by atoms with Crippen molar-refractivity contribution in [2.24, 2.45) is 0 Å². The highest BCUT2D eigenvalue weighted by Crippen LogP contribution is 2.14. The topological polar surface area (TPSA) is 64.9 Å². The number of nitriles is 1. The van der Waals surface area contributed by atoms with Gasteiger partial charge in [0.2, 0.25) is 5.91 Å². The average molecular weight is 266 g/mol. The second-order valence-corrected chi connectivity index (χ2v) is 4.32. The Labute approximate surface area is 112 Å². The highest BCUT2D eigenvalue weighted by Gasteiger charge is 2.12. The Bertz CT molecular complexity index is 425.